The summed E-state index contributed by atoms with van der Waals surface area (Å²) in [5.74, 6) is -0.307. The Kier molecular flexibility index (Phi) is 4.32. The second-order valence-electron chi connectivity index (χ2n) is 5.69. The Morgan fingerprint density at radius 3 is 2.76 bits per heavy atom. The molecule has 0 fully saturated rings. The maximum Gasteiger partial charge on any atom is 0.123 e. The summed E-state index contributed by atoms with van der Waals surface area (Å²) < 4.78 is 13.2. The highest BCUT2D eigenvalue weighted by atomic mass is 19.1. The van der Waals surface area contributed by atoms with Gasteiger partial charge in [0.25, 0.3) is 0 Å². The number of aliphatic hydroxyl groups excluding tert-OH is 1. The van der Waals surface area contributed by atoms with E-state index in [2.05, 4.69) is 29.6 Å². The summed E-state index contributed by atoms with van der Waals surface area (Å²) in [7, 11) is 0. The van der Waals surface area contributed by atoms with Gasteiger partial charge in [0.05, 0.1) is 6.10 Å². The lowest BCUT2D eigenvalue weighted by Gasteiger charge is -2.26. The molecule has 0 saturated carbocycles. The summed E-state index contributed by atoms with van der Waals surface area (Å²) >= 11 is 0. The zero-order chi connectivity index (χ0) is 14.7. The van der Waals surface area contributed by atoms with Gasteiger partial charge in [-0.15, -0.1) is 0 Å². The molecule has 2 nitrogen and oxygen atoms in total. The van der Waals surface area contributed by atoms with E-state index < -0.39 is 6.10 Å². The van der Waals surface area contributed by atoms with E-state index in [4.69, 9.17) is 0 Å². The zero-order valence-electron chi connectivity index (χ0n) is 11.9. The van der Waals surface area contributed by atoms with Gasteiger partial charge < -0.3 is 10.4 Å². The van der Waals surface area contributed by atoms with Crippen molar-refractivity contribution in [2.24, 2.45) is 0 Å². The van der Waals surface area contributed by atoms with E-state index in [9.17, 15) is 9.50 Å². The van der Waals surface area contributed by atoms with Crippen LogP contribution in [-0.2, 0) is 12.8 Å². The van der Waals surface area contributed by atoms with E-state index in [1.54, 1.807) is 12.1 Å². The molecule has 3 rings (SSSR count). The van der Waals surface area contributed by atoms with Gasteiger partial charge in [-0.05, 0) is 48.1 Å². The summed E-state index contributed by atoms with van der Waals surface area (Å²) in [6.07, 6.45) is 2.47. The van der Waals surface area contributed by atoms with Crippen LogP contribution in [0.3, 0.4) is 0 Å². The Balaban J connectivity index is 1.57. The van der Waals surface area contributed by atoms with E-state index in [0.717, 1.165) is 19.3 Å². The van der Waals surface area contributed by atoms with Gasteiger partial charge in [-0.3, -0.25) is 0 Å². The number of hydrogen-bond donors (Lipinski definition) is 2. The van der Waals surface area contributed by atoms with E-state index in [1.165, 1.54) is 23.3 Å². The van der Waals surface area contributed by atoms with Crippen LogP contribution in [-0.4, -0.2) is 17.7 Å². The summed E-state index contributed by atoms with van der Waals surface area (Å²) in [5.41, 5.74) is 3.45. The van der Waals surface area contributed by atoms with Crippen molar-refractivity contribution in [1.29, 1.82) is 0 Å². The number of rotatable bonds is 4. The van der Waals surface area contributed by atoms with Crippen LogP contribution in [0.5, 0.6) is 0 Å². The van der Waals surface area contributed by atoms with Gasteiger partial charge in [0.15, 0.2) is 0 Å². The zero-order valence-corrected chi connectivity index (χ0v) is 11.9. The minimum atomic E-state index is -0.669. The minimum absolute atomic E-state index is 0.307. The van der Waals surface area contributed by atoms with Crippen LogP contribution < -0.4 is 5.32 Å². The smallest absolute Gasteiger partial charge is 0.123 e. The van der Waals surface area contributed by atoms with Crippen LogP contribution in [0.1, 0.15) is 29.2 Å². The molecule has 0 saturated heterocycles. The molecule has 0 aromatic heterocycles. The topological polar surface area (TPSA) is 32.3 Å². The molecule has 0 heterocycles. The van der Waals surface area contributed by atoms with Crippen LogP contribution in [0.15, 0.2) is 48.5 Å². The van der Waals surface area contributed by atoms with Crippen molar-refractivity contribution in [2.75, 3.05) is 6.54 Å². The second-order valence-corrected chi connectivity index (χ2v) is 5.69. The van der Waals surface area contributed by atoms with Crippen molar-refractivity contribution >= 4 is 0 Å². The summed E-state index contributed by atoms with van der Waals surface area (Å²) in [5, 5.41) is 13.5. The fourth-order valence-electron chi connectivity index (χ4n) is 2.98. The van der Waals surface area contributed by atoms with Crippen LogP contribution >= 0.6 is 0 Å². The van der Waals surface area contributed by atoms with Crippen LogP contribution in [0.2, 0.25) is 0 Å². The average molecular weight is 285 g/mol. The predicted molar refractivity (Wildman–Crippen MR) is 81.6 cm³/mol. The lowest BCUT2D eigenvalue weighted by molar-refractivity contribution is 0.168. The van der Waals surface area contributed by atoms with Crippen molar-refractivity contribution in [3.05, 3.63) is 71.0 Å². The lowest BCUT2D eigenvalue weighted by atomic mass is 9.88. The molecule has 2 aromatic rings. The van der Waals surface area contributed by atoms with Gasteiger partial charge in [0, 0.05) is 12.6 Å². The van der Waals surface area contributed by atoms with Gasteiger partial charge in [0.1, 0.15) is 5.82 Å². The molecule has 2 unspecified atom stereocenters. The third kappa shape index (κ3) is 3.49. The van der Waals surface area contributed by atoms with E-state index in [-0.39, 0.29) is 5.82 Å². The molecule has 0 radical (unpaired) electrons. The van der Waals surface area contributed by atoms with Crippen molar-refractivity contribution in [3.63, 3.8) is 0 Å². The number of benzene rings is 2. The van der Waals surface area contributed by atoms with Crippen molar-refractivity contribution in [1.82, 2.24) is 5.32 Å². The van der Waals surface area contributed by atoms with E-state index in [1.807, 2.05) is 0 Å². The molecular weight excluding hydrogens is 265 g/mol. The Morgan fingerprint density at radius 1 is 1.14 bits per heavy atom. The Morgan fingerprint density at radius 2 is 1.95 bits per heavy atom. The first-order valence-corrected chi connectivity index (χ1v) is 7.46. The summed E-state index contributed by atoms with van der Waals surface area (Å²) in [6.45, 7) is 0.455. The molecule has 1 aliphatic rings. The quantitative estimate of drug-likeness (QED) is 0.905. The fourth-order valence-corrected chi connectivity index (χ4v) is 2.98. The Hall–Kier alpha value is -1.71. The standard InChI is InChI=1S/C18H20FNO/c19-16-7-3-6-15(10-16)18(21)12-20-17-9-8-13-4-1-2-5-14(13)11-17/h1-7,10,17-18,20-21H,8-9,11-12H2. The second kappa shape index (κ2) is 6.37. The first-order chi connectivity index (χ1) is 10.2. The number of halogens is 1. The third-order valence-corrected chi connectivity index (χ3v) is 4.18. The number of nitrogens with one attached hydrogen (secondary N) is 1. The third-order valence-electron chi connectivity index (χ3n) is 4.18. The number of aryl methyl sites for hydroxylation is 1. The normalized spacial score (nSPS) is 19.0. The molecule has 2 N–H and O–H groups in total. The first kappa shape index (κ1) is 14.2. The molecule has 2 atom stereocenters. The van der Waals surface area contributed by atoms with Crippen molar-refractivity contribution in [3.8, 4) is 0 Å². The van der Waals surface area contributed by atoms with Crippen molar-refractivity contribution < 1.29 is 9.50 Å². The molecule has 110 valence electrons. The van der Waals surface area contributed by atoms with Crippen LogP contribution in [0.25, 0.3) is 0 Å². The molecule has 21 heavy (non-hydrogen) atoms. The van der Waals surface area contributed by atoms with Gasteiger partial charge in [0.2, 0.25) is 0 Å². The first-order valence-electron chi connectivity index (χ1n) is 7.46. The number of fused-ring (bicyclic) bond motifs is 1. The highest BCUT2D eigenvalue weighted by molar-refractivity contribution is 5.30. The molecule has 3 heteroatoms. The molecular formula is C18H20FNO. The maximum atomic E-state index is 13.2. The molecule has 2 aromatic carbocycles. The van der Waals surface area contributed by atoms with Crippen molar-refractivity contribution in [2.45, 2.75) is 31.4 Å². The maximum absolute atomic E-state index is 13.2. The SMILES string of the molecule is OC(CNC1CCc2ccccc2C1)c1cccc(F)c1. The number of hydrogen-bond acceptors (Lipinski definition) is 2. The van der Waals surface area contributed by atoms with Gasteiger partial charge >= 0.3 is 0 Å². The average Bonchev–Trinajstić information content (AvgIpc) is 2.52. The van der Waals surface area contributed by atoms with E-state index >= 15 is 0 Å². The highest BCUT2D eigenvalue weighted by Gasteiger charge is 2.19. The summed E-state index contributed by atoms with van der Waals surface area (Å²) in [4.78, 5) is 0. The highest BCUT2D eigenvalue weighted by Crippen LogP contribution is 2.21. The van der Waals surface area contributed by atoms with Gasteiger partial charge in [-0.1, -0.05) is 36.4 Å². The van der Waals surface area contributed by atoms with Crippen LogP contribution in [0, 0.1) is 5.82 Å². The van der Waals surface area contributed by atoms with Gasteiger partial charge in [-0.25, -0.2) is 4.39 Å². The molecule has 0 amide bonds. The molecule has 0 spiro atoms. The van der Waals surface area contributed by atoms with E-state index in [0.29, 0.717) is 18.2 Å². The largest absolute Gasteiger partial charge is 0.387 e. The lowest BCUT2D eigenvalue weighted by Crippen LogP contribution is -2.37. The molecule has 0 aliphatic heterocycles. The molecule has 0 bridgehead atoms. The monoisotopic (exact) mass is 285 g/mol. The molecule has 1 aliphatic carbocycles. The van der Waals surface area contributed by atoms with Crippen LogP contribution in [0.4, 0.5) is 4.39 Å². The Labute approximate surface area is 124 Å². The predicted octanol–water partition coefficient (Wildman–Crippen LogP) is 3.01. The van der Waals surface area contributed by atoms with Gasteiger partial charge in [-0.2, -0.15) is 0 Å². The summed E-state index contributed by atoms with van der Waals surface area (Å²) in [6, 6.07) is 15.1. The minimum Gasteiger partial charge on any atom is -0.387 e. The number of aliphatic hydroxyl groups is 1. The Bertz CT molecular complexity index is 614. The fraction of sp³-hybridized carbons (Fsp3) is 0.333.